The molecule has 2 aromatic carbocycles. The first-order valence-corrected chi connectivity index (χ1v) is 8.88. The maximum absolute atomic E-state index is 6.34. The second-order valence-electron chi connectivity index (χ2n) is 6.71. The third kappa shape index (κ3) is 3.26. The first kappa shape index (κ1) is 16.5. The largest absolute Gasteiger partial charge is 0.324 e. The summed E-state index contributed by atoms with van der Waals surface area (Å²) in [4.78, 5) is 4.17. The van der Waals surface area contributed by atoms with Gasteiger partial charge in [0, 0.05) is 23.8 Å². The molecule has 0 spiro atoms. The quantitative estimate of drug-likeness (QED) is 0.701. The fourth-order valence-electron chi connectivity index (χ4n) is 3.45. The summed E-state index contributed by atoms with van der Waals surface area (Å²) in [5.74, 6) is 0. The number of nitrogens with zero attached hydrogens (tertiary/aromatic N) is 4. The third-order valence-electron chi connectivity index (χ3n) is 4.99. The number of pyridine rings is 1. The van der Waals surface area contributed by atoms with Crippen molar-refractivity contribution in [2.75, 3.05) is 0 Å². The molecule has 0 fully saturated rings. The van der Waals surface area contributed by atoms with Gasteiger partial charge in [-0.2, -0.15) is 5.11 Å². The molecule has 0 aliphatic carbocycles. The minimum Gasteiger partial charge on any atom is -0.324 e. The maximum Gasteiger partial charge on any atom is 0.145 e. The number of benzene rings is 2. The Labute approximate surface area is 152 Å². The molecule has 1 aliphatic rings. The molecule has 26 heavy (non-hydrogen) atoms. The van der Waals surface area contributed by atoms with Gasteiger partial charge < -0.3 is 5.73 Å². The smallest absolute Gasteiger partial charge is 0.145 e. The molecule has 0 radical (unpaired) electrons. The monoisotopic (exact) mass is 343 g/mol. The van der Waals surface area contributed by atoms with Crippen LogP contribution in [-0.2, 0) is 5.54 Å². The predicted octanol–water partition coefficient (Wildman–Crippen LogP) is 4.75. The van der Waals surface area contributed by atoms with E-state index in [0.29, 0.717) is 0 Å². The summed E-state index contributed by atoms with van der Waals surface area (Å²) in [6.45, 7) is 0. The van der Waals surface area contributed by atoms with E-state index in [-0.39, 0.29) is 6.04 Å². The maximum atomic E-state index is 6.34. The van der Waals surface area contributed by atoms with E-state index >= 15 is 0 Å². The number of hydrogen-bond donors (Lipinski definition) is 1. The zero-order chi connectivity index (χ0) is 17.8. The second kappa shape index (κ2) is 7.14. The molecule has 4 rings (SSSR count). The van der Waals surface area contributed by atoms with Gasteiger partial charge in [0.25, 0.3) is 0 Å². The van der Waals surface area contributed by atoms with E-state index in [1.165, 1.54) is 5.56 Å². The Hall–Kier alpha value is -2.92. The van der Waals surface area contributed by atoms with E-state index in [2.05, 4.69) is 50.8 Å². The molecule has 5 heteroatoms. The van der Waals surface area contributed by atoms with Crippen LogP contribution in [0.3, 0.4) is 0 Å². The van der Waals surface area contributed by atoms with Crippen LogP contribution < -0.4 is 5.73 Å². The zero-order valence-electron chi connectivity index (χ0n) is 14.5. The number of rotatable bonds is 6. The molecular formula is C21H21N5. The Morgan fingerprint density at radius 1 is 1.00 bits per heavy atom. The molecule has 2 N–H and O–H groups in total. The van der Waals surface area contributed by atoms with Gasteiger partial charge in [-0.3, -0.25) is 4.98 Å². The Balaban J connectivity index is 1.51. The molecule has 2 heterocycles. The van der Waals surface area contributed by atoms with E-state index in [1.807, 2.05) is 42.9 Å². The summed E-state index contributed by atoms with van der Waals surface area (Å²) >= 11 is 0. The molecule has 2 atom stereocenters. The number of aromatic nitrogens is 1. The van der Waals surface area contributed by atoms with Crippen LogP contribution in [0.2, 0.25) is 0 Å². The van der Waals surface area contributed by atoms with E-state index in [0.717, 1.165) is 35.6 Å². The first-order chi connectivity index (χ1) is 12.8. The summed E-state index contributed by atoms with van der Waals surface area (Å²) < 4.78 is 0. The zero-order valence-corrected chi connectivity index (χ0v) is 14.5. The lowest BCUT2D eigenvalue weighted by atomic mass is 9.85. The van der Waals surface area contributed by atoms with Crippen molar-refractivity contribution < 1.29 is 0 Å². The number of hydrogen-bond acceptors (Lipinski definition) is 5. The first-order valence-electron chi connectivity index (χ1n) is 8.88. The highest BCUT2D eigenvalue weighted by Crippen LogP contribution is 2.35. The Bertz CT molecular complexity index is 937. The molecule has 0 amide bonds. The number of nitrogens with two attached hydrogens (primary N) is 1. The van der Waals surface area contributed by atoms with Gasteiger partial charge in [-0.1, -0.05) is 42.5 Å². The van der Waals surface area contributed by atoms with Crippen LogP contribution in [-0.4, -0.2) is 11.2 Å². The van der Waals surface area contributed by atoms with Gasteiger partial charge in [0.05, 0.1) is 6.21 Å². The Morgan fingerprint density at radius 3 is 2.69 bits per heavy atom. The minimum atomic E-state index is -0.492. The van der Waals surface area contributed by atoms with Crippen LogP contribution in [0.25, 0.3) is 10.8 Å². The molecule has 0 saturated heterocycles. The molecule has 3 aromatic rings. The molecule has 0 saturated carbocycles. The fourth-order valence-corrected chi connectivity index (χ4v) is 3.45. The predicted molar refractivity (Wildman–Crippen MR) is 104 cm³/mol. The van der Waals surface area contributed by atoms with Gasteiger partial charge in [0.15, 0.2) is 0 Å². The van der Waals surface area contributed by atoms with Gasteiger partial charge in [0.2, 0.25) is 0 Å². The standard InChI is InChI=1S/C21H21N5/c22-20(16-5-2-1-3-6-16)7-4-11-21(15-24-26-25-21)19-9-8-18-14-23-12-10-17(18)13-19/h1-3,5-6,8-10,12-15,20H,4,7,11,22H2. The third-order valence-corrected chi connectivity index (χ3v) is 4.99. The van der Waals surface area contributed by atoms with Gasteiger partial charge in [-0.15, -0.1) is 5.10 Å². The average molecular weight is 343 g/mol. The van der Waals surface area contributed by atoms with E-state index < -0.39 is 5.54 Å². The van der Waals surface area contributed by atoms with Gasteiger partial charge in [-0.25, -0.2) is 0 Å². The van der Waals surface area contributed by atoms with Crippen molar-refractivity contribution in [1.29, 1.82) is 0 Å². The molecule has 0 bridgehead atoms. The SMILES string of the molecule is NC(CCCC1(c2ccc3cnccc3c2)C=NN=N1)c1ccccc1. The Kier molecular flexibility index (Phi) is 4.54. The van der Waals surface area contributed by atoms with Crippen molar-refractivity contribution in [3.8, 4) is 0 Å². The van der Waals surface area contributed by atoms with Crippen LogP contribution >= 0.6 is 0 Å². The molecular weight excluding hydrogens is 322 g/mol. The number of fused-ring (bicyclic) bond motifs is 1. The Morgan fingerprint density at radius 2 is 1.88 bits per heavy atom. The molecule has 2 unspecified atom stereocenters. The van der Waals surface area contributed by atoms with Gasteiger partial charge >= 0.3 is 0 Å². The lowest BCUT2D eigenvalue weighted by Crippen LogP contribution is -2.24. The summed E-state index contributed by atoms with van der Waals surface area (Å²) in [6.07, 6.45) is 8.19. The lowest BCUT2D eigenvalue weighted by molar-refractivity contribution is 0.486. The van der Waals surface area contributed by atoms with Crippen molar-refractivity contribution in [3.05, 3.63) is 78.1 Å². The summed E-state index contributed by atoms with van der Waals surface area (Å²) in [5.41, 5.74) is 8.12. The fraction of sp³-hybridized carbons (Fsp3) is 0.238. The van der Waals surface area contributed by atoms with Crippen molar-refractivity contribution >= 4 is 17.0 Å². The lowest BCUT2D eigenvalue weighted by Gasteiger charge is -2.23. The molecule has 1 aromatic heterocycles. The van der Waals surface area contributed by atoms with E-state index in [9.17, 15) is 0 Å². The summed E-state index contributed by atoms with van der Waals surface area (Å²) in [5, 5.41) is 14.7. The second-order valence-corrected chi connectivity index (χ2v) is 6.71. The van der Waals surface area contributed by atoms with Crippen LogP contribution in [0.5, 0.6) is 0 Å². The van der Waals surface area contributed by atoms with Crippen LogP contribution in [0, 0.1) is 0 Å². The van der Waals surface area contributed by atoms with Crippen molar-refractivity contribution in [2.24, 2.45) is 21.2 Å². The van der Waals surface area contributed by atoms with Crippen LogP contribution in [0.1, 0.15) is 36.4 Å². The van der Waals surface area contributed by atoms with E-state index in [1.54, 1.807) is 0 Å². The molecule has 5 nitrogen and oxygen atoms in total. The molecule has 130 valence electrons. The minimum absolute atomic E-state index is 0.0335. The van der Waals surface area contributed by atoms with Crippen molar-refractivity contribution in [3.63, 3.8) is 0 Å². The van der Waals surface area contributed by atoms with Gasteiger partial charge in [-0.05, 0) is 53.1 Å². The summed E-state index contributed by atoms with van der Waals surface area (Å²) in [6, 6.07) is 18.6. The van der Waals surface area contributed by atoms with Crippen LogP contribution in [0.4, 0.5) is 0 Å². The average Bonchev–Trinajstić information content (AvgIpc) is 3.18. The highest BCUT2D eigenvalue weighted by molar-refractivity contribution is 5.84. The highest BCUT2D eigenvalue weighted by atomic mass is 15.4. The van der Waals surface area contributed by atoms with Gasteiger partial charge in [0.1, 0.15) is 5.54 Å². The molecule has 1 aliphatic heterocycles. The van der Waals surface area contributed by atoms with E-state index in [4.69, 9.17) is 5.73 Å². The summed E-state index contributed by atoms with van der Waals surface area (Å²) in [7, 11) is 0. The van der Waals surface area contributed by atoms with Crippen molar-refractivity contribution in [1.82, 2.24) is 4.98 Å². The normalized spacial score (nSPS) is 19.9. The van der Waals surface area contributed by atoms with Crippen LogP contribution in [0.15, 0.2) is 82.4 Å². The topological polar surface area (TPSA) is 76.0 Å². The highest BCUT2D eigenvalue weighted by Gasteiger charge is 2.33. The van der Waals surface area contributed by atoms with Crippen molar-refractivity contribution in [2.45, 2.75) is 30.8 Å².